The van der Waals surface area contributed by atoms with Crippen molar-refractivity contribution in [1.82, 2.24) is 0 Å². The van der Waals surface area contributed by atoms with E-state index in [0.717, 1.165) is 30.0 Å². The molecule has 0 heterocycles. The number of halogens is 3. The van der Waals surface area contributed by atoms with E-state index in [-0.39, 0.29) is 9.79 Å². The van der Waals surface area contributed by atoms with Gasteiger partial charge in [-0.2, -0.15) is 0 Å². The quantitative estimate of drug-likeness (QED) is 0.910. The van der Waals surface area contributed by atoms with Crippen molar-refractivity contribution in [2.75, 3.05) is 0 Å². The molecule has 0 aromatic heterocycles. The molecule has 2 aromatic carbocycles. The molecule has 100 valence electrons. The molecule has 5 heteroatoms. The Bertz CT molecular complexity index is 599. The minimum atomic E-state index is -0.592. The van der Waals surface area contributed by atoms with Crippen LogP contribution in [0, 0.1) is 17.5 Å². The summed E-state index contributed by atoms with van der Waals surface area (Å²) in [6.07, 6.45) is 0. The molecular formula is C14H12F3NS. The first-order valence-electron chi connectivity index (χ1n) is 5.66. The van der Waals surface area contributed by atoms with E-state index in [9.17, 15) is 13.2 Å². The molecule has 0 saturated heterocycles. The third kappa shape index (κ3) is 3.11. The van der Waals surface area contributed by atoms with E-state index in [0.29, 0.717) is 5.56 Å². The second kappa shape index (κ2) is 5.67. The average Bonchev–Trinajstić information content (AvgIpc) is 2.35. The molecule has 2 N–H and O–H groups in total. The normalized spacial score (nSPS) is 12.5. The highest BCUT2D eigenvalue weighted by Crippen LogP contribution is 2.36. The van der Waals surface area contributed by atoms with Crippen LogP contribution in [0.2, 0.25) is 0 Å². The summed E-state index contributed by atoms with van der Waals surface area (Å²) in [5.41, 5.74) is 6.32. The standard InChI is InChI=1S/C14H12F3NS/c1-8(18)10-3-2-4-12(17)14(10)19-13-7-9(15)5-6-11(13)16/h2-8H,18H2,1H3/t8-/m1/s1. The second-order valence-corrected chi connectivity index (χ2v) is 5.18. The fourth-order valence-corrected chi connectivity index (χ4v) is 2.75. The number of benzene rings is 2. The van der Waals surface area contributed by atoms with Gasteiger partial charge in [-0.05, 0) is 36.8 Å². The first kappa shape index (κ1) is 14.0. The van der Waals surface area contributed by atoms with Crippen LogP contribution in [0.4, 0.5) is 13.2 Å². The SMILES string of the molecule is C[C@@H](N)c1cccc(F)c1Sc1cc(F)ccc1F. The Kier molecular flexibility index (Phi) is 4.17. The van der Waals surface area contributed by atoms with E-state index in [1.165, 1.54) is 6.07 Å². The molecule has 0 amide bonds. The van der Waals surface area contributed by atoms with Crippen LogP contribution in [-0.4, -0.2) is 0 Å². The fraction of sp³-hybridized carbons (Fsp3) is 0.143. The van der Waals surface area contributed by atoms with Gasteiger partial charge >= 0.3 is 0 Å². The van der Waals surface area contributed by atoms with E-state index < -0.39 is 23.5 Å². The van der Waals surface area contributed by atoms with Gasteiger partial charge in [0.25, 0.3) is 0 Å². The van der Waals surface area contributed by atoms with E-state index in [1.54, 1.807) is 19.1 Å². The van der Waals surface area contributed by atoms with Gasteiger partial charge in [0.2, 0.25) is 0 Å². The summed E-state index contributed by atoms with van der Waals surface area (Å²) in [6.45, 7) is 1.71. The Hall–Kier alpha value is -1.46. The summed E-state index contributed by atoms with van der Waals surface area (Å²) < 4.78 is 40.5. The van der Waals surface area contributed by atoms with Crippen LogP contribution in [-0.2, 0) is 0 Å². The maximum absolute atomic E-state index is 13.8. The van der Waals surface area contributed by atoms with Gasteiger partial charge in [0.05, 0.1) is 9.79 Å². The molecule has 0 radical (unpaired) electrons. The van der Waals surface area contributed by atoms with Crippen LogP contribution in [0.5, 0.6) is 0 Å². The summed E-state index contributed by atoms with van der Waals surface area (Å²) >= 11 is 0.840. The molecule has 0 aliphatic heterocycles. The zero-order valence-electron chi connectivity index (χ0n) is 10.2. The van der Waals surface area contributed by atoms with Crippen molar-refractivity contribution in [3.8, 4) is 0 Å². The Morgan fingerprint density at radius 1 is 1.05 bits per heavy atom. The Labute approximate surface area is 113 Å². The lowest BCUT2D eigenvalue weighted by Crippen LogP contribution is -2.07. The Morgan fingerprint density at radius 2 is 1.79 bits per heavy atom. The first-order valence-corrected chi connectivity index (χ1v) is 6.47. The van der Waals surface area contributed by atoms with Crippen molar-refractivity contribution in [2.45, 2.75) is 22.8 Å². The molecule has 0 saturated carbocycles. The van der Waals surface area contributed by atoms with Crippen LogP contribution in [0.15, 0.2) is 46.2 Å². The lowest BCUT2D eigenvalue weighted by Gasteiger charge is -2.13. The third-order valence-corrected chi connectivity index (χ3v) is 3.76. The van der Waals surface area contributed by atoms with Crippen molar-refractivity contribution in [1.29, 1.82) is 0 Å². The smallest absolute Gasteiger partial charge is 0.137 e. The van der Waals surface area contributed by atoms with Gasteiger partial charge in [-0.25, -0.2) is 13.2 Å². The van der Waals surface area contributed by atoms with Crippen molar-refractivity contribution >= 4 is 11.8 Å². The summed E-state index contributed by atoms with van der Waals surface area (Å²) in [5.74, 6) is -1.66. The maximum atomic E-state index is 13.8. The molecule has 0 unspecified atom stereocenters. The average molecular weight is 283 g/mol. The predicted molar refractivity (Wildman–Crippen MR) is 69.5 cm³/mol. The van der Waals surface area contributed by atoms with Crippen LogP contribution in [0.3, 0.4) is 0 Å². The van der Waals surface area contributed by atoms with E-state index in [4.69, 9.17) is 5.73 Å². The second-order valence-electron chi connectivity index (χ2n) is 4.12. The minimum Gasteiger partial charge on any atom is -0.324 e. The topological polar surface area (TPSA) is 26.0 Å². The molecule has 0 aliphatic carbocycles. The van der Waals surface area contributed by atoms with Gasteiger partial charge in [-0.15, -0.1) is 0 Å². The molecule has 0 bridgehead atoms. The number of nitrogens with two attached hydrogens (primary N) is 1. The zero-order valence-corrected chi connectivity index (χ0v) is 11.0. The summed E-state index contributed by atoms with van der Waals surface area (Å²) in [4.78, 5) is 0.258. The highest BCUT2D eigenvalue weighted by atomic mass is 32.2. The minimum absolute atomic E-state index is 0.0343. The summed E-state index contributed by atoms with van der Waals surface area (Å²) in [7, 11) is 0. The molecule has 0 spiro atoms. The fourth-order valence-electron chi connectivity index (χ4n) is 1.66. The third-order valence-electron chi connectivity index (χ3n) is 2.59. The van der Waals surface area contributed by atoms with Gasteiger partial charge in [-0.3, -0.25) is 0 Å². The Balaban J connectivity index is 2.46. The van der Waals surface area contributed by atoms with Gasteiger partial charge < -0.3 is 5.73 Å². The lowest BCUT2D eigenvalue weighted by atomic mass is 10.1. The number of hydrogen-bond acceptors (Lipinski definition) is 2. The monoisotopic (exact) mass is 283 g/mol. The van der Waals surface area contributed by atoms with Gasteiger partial charge in [0.1, 0.15) is 17.5 Å². The zero-order chi connectivity index (χ0) is 14.0. The van der Waals surface area contributed by atoms with Crippen LogP contribution < -0.4 is 5.73 Å². The van der Waals surface area contributed by atoms with Gasteiger partial charge in [0, 0.05) is 6.04 Å². The highest BCUT2D eigenvalue weighted by Gasteiger charge is 2.15. The summed E-state index contributed by atoms with van der Waals surface area (Å²) in [5, 5.41) is 0. The highest BCUT2D eigenvalue weighted by molar-refractivity contribution is 7.99. The van der Waals surface area contributed by atoms with Crippen molar-refractivity contribution in [2.24, 2.45) is 5.73 Å². The van der Waals surface area contributed by atoms with E-state index in [1.807, 2.05) is 0 Å². The number of rotatable bonds is 3. The van der Waals surface area contributed by atoms with Crippen molar-refractivity contribution < 1.29 is 13.2 Å². The molecule has 2 rings (SSSR count). The molecular weight excluding hydrogens is 271 g/mol. The molecule has 1 nitrogen and oxygen atoms in total. The van der Waals surface area contributed by atoms with Crippen molar-refractivity contribution in [3.05, 3.63) is 59.4 Å². The molecule has 19 heavy (non-hydrogen) atoms. The Morgan fingerprint density at radius 3 is 2.47 bits per heavy atom. The molecule has 0 aliphatic rings. The van der Waals surface area contributed by atoms with Gasteiger partial charge in [-0.1, -0.05) is 23.9 Å². The molecule has 2 aromatic rings. The number of hydrogen-bond donors (Lipinski definition) is 1. The first-order chi connectivity index (χ1) is 8.99. The largest absolute Gasteiger partial charge is 0.324 e. The van der Waals surface area contributed by atoms with Crippen LogP contribution in [0.25, 0.3) is 0 Å². The van der Waals surface area contributed by atoms with E-state index in [2.05, 4.69) is 0 Å². The van der Waals surface area contributed by atoms with Crippen molar-refractivity contribution in [3.63, 3.8) is 0 Å². The molecule has 1 atom stereocenters. The predicted octanol–water partition coefficient (Wildman–Crippen LogP) is 4.27. The van der Waals surface area contributed by atoms with Crippen LogP contribution in [0.1, 0.15) is 18.5 Å². The maximum Gasteiger partial charge on any atom is 0.137 e. The van der Waals surface area contributed by atoms with Gasteiger partial charge in [0.15, 0.2) is 0 Å². The summed E-state index contributed by atoms with van der Waals surface area (Å²) in [6, 6.07) is 7.17. The van der Waals surface area contributed by atoms with E-state index >= 15 is 0 Å². The molecule has 0 fully saturated rings. The lowest BCUT2D eigenvalue weighted by molar-refractivity contribution is 0.574. The van der Waals surface area contributed by atoms with Crippen LogP contribution >= 0.6 is 11.8 Å².